The van der Waals surface area contributed by atoms with E-state index in [9.17, 15) is 4.79 Å². The van der Waals surface area contributed by atoms with Gasteiger partial charge in [0.05, 0.1) is 0 Å². The quantitative estimate of drug-likeness (QED) is 0.876. The lowest BCUT2D eigenvalue weighted by Gasteiger charge is -2.28. The highest BCUT2D eigenvalue weighted by atomic mass is 35.5. The van der Waals surface area contributed by atoms with Crippen LogP contribution in [0.4, 0.5) is 0 Å². The maximum Gasteiger partial charge on any atom is 0.220 e. The standard InChI is InChI=1S/C16H23ClN2O/c1-12(13-6-4-8-18-10-13)9-16(20)19-11-14-5-2-3-7-15(14)17/h2-3,5,7,12-13,18H,4,6,8-11H2,1H3,(H,19,20). The summed E-state index contributed by atoms with van der Waals surface area (Å²) in [6.07, 6.45) is 3.04. The molecular formula is C16H23ClN2O. The molecule has 1 saturated heterocycles. The molecular weight excluding hydrogens is 272 g/mol. The summed E-state index contributed by atoms with van der Waals surface area (Å²) in [7, 11) is 0. The monoisotopic (exact) mass is 294 g/mol. The van der Waals surface area contributed by atoms with Gasteiger partial charge in [-0.2, -0.15) is 0 Å². The van der Waals surface area contributed by atoms with Crippen molar-refractivity contribution in [2.45, 2.75) is 32.7 Å². The van der Waals surface area contributed by atoms with Crippen molar-refractivity contribution < 1.29 is 4.79 Å². The third-order valence-electron chi connectivity index (χ3n) is 4.08. The third-order valence-corrected chi connectivity index (χ3v) is 4.45. The molecule has 1 aromatic carbocycles. The van der Waals surface area contributed by atoms with Gasteiger partial charge in [0, 0.05) is 18.0 Å². The van der Waals surface area contributed by atoms with Crippen LogP contribution in [-0.2, 0) is 11.3 Å². The molecule has 1 fully saturated rings. The van der Waals surface area contributed by atoms with Crippen LogP contribution in [0, 0.1) is 11.8 Å². The largest absolute Gasteiger partial charge is 0.352 e. The average molecular weight is 295 g/mol. The van der Waals surface area contributed by atoms with E-state index < -0.39 is 0 Å². The summed E-state index contributed by atoms with van der Waals surface area (Å²) in [6.45, 7) is 4.84. The molecule has 1 aromatic rings. The lowest BCUT2D eigenvalue weighted by molar-refractivity contribution is -0.122. The van der Waals surface area contributed by atoms with Crippen molar-refractivity contribution in [1.29, 1.82) is 0 Å². The molecule has 2 rings (SSSR count). The number of hydrogen-bond donors (Lipinski definition) is 2. The van der Waals surface area contributed by atoms with Crippen LogP contribution in [0.2, 0.25) is 5.02 Å². The summed E-state index contributed by atoms with van der Waals surface area (Å²) in [5.41, 5.74) is 0.967. The molecule has 1 aliphatic heterocycles. The predicted molar refractivity (Wildman–Crippen MR) is 82.7 cm³/mol. The summed E-state index contributed by atoms with van der Waals surface area (Å²) in [6, 6.07) is 7.62. The van der Waals surface area contributed by atoms with Crippen molar-refractivity contribution in [1.82, 2.24) is 10.6 Å². The summed E-state index contributed by atoms with van der Waals surface area (Å²) in [4.78, 5) is 12.0. The minimum Gasteiger partial charge on any atom is -0.352 e. The van der Waals surface area contributed by atoms with Gasteiger partial charge >= 0.3 is 0 Å². The summed E-state index contributed by atoms with van der Waals surface area (Å²) in [5, 5.41) is 7.08. The first-order valence-corrected chi connectivity index (χ1v) is 7.75. The van der Waals surface area contributed by atoms with Crippen molar-refractivity contribution in [3.8, 4) is 0 Å². The van der Waals surface area contributed by atoms with Gasteiger partial charge in [0.25, 0.3) is 0 Å². The van der Waals surface area contributed by atoms with Gasteiger partial charge < -0.3 is 10.6 Å². The van der Waals surface area contributed by atoms with Crippen LogP contribution in [-0.4, -0.2) is 19.0 Å². The van der Waals surface area contributed by atoms with Gasteiger partial charge in [-0.25, -0.2) is 0 Å². The molecule has 2 unspecified atom stereocenters. The van der Waals surface area contributed by atoms with Crippen molar-refractivity contribution in [3.63, 3.8) is 0 Å². The normalized spacial score (nSPS) is 20.4. The second-order valence-corrected chi connectivity index (χ2v) is 6.06. The van der Waals surface area contributed by atoms with Gasteiger partial charge in [-0.05, 0) is 49.4 Å². The van der Waals surface area contributed by atoms with E-state index in [1.807, 2.05) is 24.3 Å². The van der Waals surface area contributed by atoms with Crippen LogP contribution in [0.25, 0.3) is 0 Å². The van der Waals surface area contributed by atoms with Gasteiger partial charge in [0.15, 0.2) is 0 Å². The molecule has 110 valence electrons. The van der Waals surface area contributed by atoms with Crippen LogP contribution in [0.5, 0.6) is 0 Å². The molecule has 1 heterocycles. The Balaban J connectivity index is 1.76. The van der Waals surface area contributed by atoms with Crippen molar-refractivity contribution in [3.05, 3.63) is 34.9 Å². The van der Waals surface area contributed by atoms with Crippen molar-refractivity contribution in [2.24, 2.45) is 11.8 Å². The highest BCUT2D eigenvalue weighted by molar-refractivity contribution is 6.31. The number of halogens is 1. The van der Waals surface area contributed by atoms with E-state index in [-0.39, 0.29) is 5.91 Å². The van der Waals surface area contributed by atoms with E-state index in [0.717, 1.165) is 18.7 Å². The molecule has 0 aliphatic carbocycles. The van der Waals surface area contributed by atoms with E-state index in [1.54, 1.807) is 0 Å². The molecule has 0 spiro atoms. The zero-order chi connectivity index (χ0) is 14.4. The van der Waals surface area contributed by atoms with Crippen molar-refractivity contribution >= 4 is 17.5 Å². The first-order chi connectivity index (χ1) is 9.66. The number of amides is 1. The predicted octanol–water partition coefficient (Wildman–Crippen LogP) is 2.98. The molecule has 1 amide bonds. The maximum absolute atomic E-state index is 12.0. The van der Waals surface area contributed by atoms with Gasteiger partial charge in [0.2, 0.25) is 5.91 Å². The number of piperidine rings is 1. The second-order valence-electron chi connectivity index (χ2n) is 5.66. The Hall–Kier alpha value is -1.06. The van der Waals surface area contributed by atoms with E-state index in [4.69, 9.17) is 11.6 Å². The third kappa shape index (κ3) is 4.50. The molecule has 4 heteroatoms. The zero-order valence-electron chi connectivity index (χ0n) is 12.0. The number of nitrogens with one attached hydrogen (secondary N) is 2. The fourth-order valence-electron chi connectivity index (χ4n) is 2.73. The molecule has 2 atom stereocenters. The Bertz CT molecular complexity index is 444. The lowest BCUT2D eigenvalue weighted by atomic mass is 9.85. The van der Waals surface area contributed by atoms with E-state index in [2.05, 4.69) is 17.6 Å². The molecule has 1 aliphatic rings. The topological polar surface area (TPSA) is 41.1 Å². The highest BCUT2D eigenvalue weighted by Gasteiger charge is 2.21. The van der Waals surface area contributed by atoms with E-state index in [1.165, 1.54) is 12.8 Å². The minimum absolute atomic E-state index is 0.114. The Morgan fingerprint density at radius 2 is 2.30 bits per heavy atom. The zero-order valence-corrected chi connectivity index (χ0v) is 12.7. The molecule has 0 radical (unpaired) electrons. The van der Waals surface area contributed by atoms with Gasteiger partial charge in [-0.1, -0.05) is 36.7 Å². The Morgan fingerprint density at radius 1 is 1.50 bits per heavy atom. The lowest BCUT2D eigenvalue weighted by Crippen LogP contribution is -2.35. The molecule has 2 N–H and O–H groups in total. The SMILES string of the molecule is CC(CC(=O)NCc1ccccc1Cl)C1CCCNC1. The van der Waals surface area contributed by atoms with E-state index in [0.29, 0.717) is 29.8 Å². The van der Waals surface area contributed by atoms with Crippen LogP contribution < -0.4 is 10.6 Å². The maximum atomic E-state index is 12.0. The molecule has 20 heavy (non-hydrogen) atoms. The van der Waals surface area contributed by atoms with Crippen LogP contribution in [0.1, 0.15) is 31.7 Å². The Kier molecular flexibility index (Phi) is 5.86. The fourth-order valence-corrected chi connectivity index (χ4v) is 2.93. The molecule has 3 nitrogen and oxygen atoms in total. The molecule has 0 bridgehead atoms. The Labute approximate surface area is 126 Å². The van der Waals surface area contributed by atoms with Crippen LogP contribution in [0.15, 0.2) is 24.3 Å². The summed E-state index contributed by atoms with van der Waals surface area (Å²) in [5.74, 6) is 1.16. The molecule has 0 saturated carbocycles. The van der Waals surface area contributed by atoms with Gasteiger partial charge in [-0.3, -0.25) is 4.79 Å². The number of rotatable bonds is 5. The van der Waals surface area contributed by atoms with E-state index >= 15 is 0 Å². The van der Waals surface area contributed by atoms with Crippen molar-refractivity contribution in [2.75, 3.05) is 13.1 Å². The smallest absolute Gasteiger partial charge is 0.220 e. The second kappa shape index (κ2) is 7.65. The average Bonchev–Trinajstić information content (AvgIpc) is 2.47. The first kappa shape index (κ1) is 15.3. The number of hydrogen-bond acceptors (Lipinski definition) is 2. The number of carbonyl (C=O) groups excluding carboxylic acids is 1. The Morgan fingerprint density at radius 3 is 3.00 bits per heavy atom. The highest BCUT2D eigenvalue weighted by Crippen LogP contribution is 2.22. The number of carbonyl (C=O) groups is 1. The van der Waals surface area contributed by atoms with Crippen LogP contribution >= 0.6 is 11.6 Å². The molecule has 0 aromatic heterocycles. The van der Waals surface area contributed by atoms with Gasteiger partial charge in [0.1, 0.15) is 0 Å². The fraction of sp³-hybridized carbons (Fsp3) is 0.562. The summed E-state index contributed by atoms with van der Waals surface area (Å²) < 4.78 is 0. The van der Waals surface area contributed by atoms with Crippen LogP contribution in [0.3, 0.4) is 0 Å². The first-order valence-electron chi connectivity index (χ1n) is 7.37. The summed E-state index contributed by atoms with van der Waals surface area (Å²) >= 11 is 6.08. The van der Waals surface area contributed by atoms with Gasteiger partial charge in [-0.15, -0.1) is 0 Å². The number of benzene rings is 1. The minimum atomic E-state index is 0.114.